The van der Waals surface area contributed by atoms with E-state index in [4.69, 9.17) is 5.73 Å². The maximum Gasteiger partial charge on any atom is 0.239 e. The fourth-order valence-corrected chi connectivity index (χ4v) is 4.43. The zero-order valence-electron chi connectivity index (χ0n) is 11.8. The van der Waals surface area contributed by atoms with Gasteiger partial charge in [0.2, 0.25) is 5.91 Å². The third-order valence-electron chi connectivity index (χ3n) is 2.69. The summed E-state index contributed by atoms with van der Waals surface area (Å²) in [5.41, 5.74) is 7.10. The van der Waals surface area contributed by atoms with E-state index in [1.165, 1.54) is 0 Å². The van der Waals surface area contributed by atoms with Gasteiger partial charge in [-0.2, -0.15) is 0 Å². The quantitative estimate of drug-likeness (QED) is 0.704. The van der Waals surface area contributed by atoms with Crippen LogP contribution in [-0.2, 0) is 24.5 Å². The van der Waals surface area contributed by atoms with Gasteiger partial charge in [-0.25, -0.2) is 16.8 Å². The Labute approximate surface area is 124 Å². The second kappa shape index (κ2) is 6.44. The van der Waals surface area contributed by atoms with E-state index < -0.39 is 42.8 Å². The molecule has 118 valence electrons. The number of aryl methyl sites for hydroxylation is 1. The highest BCUT2D eigenvalue weighted by atomic mass is 32.2. The van der Waals surface area contributed by atoms with Crippen molar-refractivity contribution in [3.05, 3.63) is 23.8 Å². The van der Waals surface area contributed by atoms with Crippen molar-refractivity contribution >= 4 is 37.0 Å². The highest BCUT2D eigenvalue weighted by Crippen LogP contribution is 2.22. The van der Waals surface area contributed by atoms with E-state index >= 15 is 0 Å². The first kappa shape index (κ1) is 17.4. The molecule has 0 saturated heterocycles. The van der Waals surface area contributed by atoms with Crippen molar-refractivity contribution < 1.29 is 21.6 Å². The molecule has 0 fully saturated rings. The number of benzene rings is 1. The second-order valence-electron chi connectivity index (χ2n) is 4.81. The summed E-state index contributed by atoms with van der Waals surface area (Å²) < 4.78 is 45.3. The molecule has 0 spiro atoms. The van der Waals surface area contributed by atoms with E-state index in [2.05, 4.69) is 5.32 Å². The SMILES string of the molecule is Cc1cccc(N)c1NC(=O)CS(=O)(=O)CCS(C)(=O)=O. The third-order valence-corrected chi connectivity index (χ3v) is 5.42. The summed E-state index contributed by atoms with van der Waals surface area (Å²) in [4.78, 5) is 11.8. The van der Waals surface area contributed by atoms with Crippen LogP contribution in [0.4, 0.5) is 11.4 Å². The van der Waals surface area contributed by atoms with Gasteiger partial charge in [0.25, 0.3) is 0 Å². The lowest BCUT2D eigenvalue weighted by Gasteiger charge is -2.11. The number of nitrogens with one attached hydrogen (secondary N) is 1. The Kier molecular flexibility index (Phi) is 5.35. The molecule has 0 aliphatic rings. The highest BCUT2D eigenvalue weighted by molar-refractivity contribution is 7.95. The van der Waals surface area contributed by atoms with E-state index in [0.29, 0.717) is 16.9 Å². The van der Waals surface area contributed by atoms with Gasteiger partial charge < -0.3 is 11.1 Å². The van der Waals surface area contributed by atoms with Crippen LogP contribution >= 0.6 is 0 Å². The van der Waals surface area contributed by atoms with E-state index in [0.717, 1.165) is 6.26 Å². The molecule has 0 radical (unpaired) electrons. The van der Waals surface area contributed by atoms with Crippen LogP contribution in [0.15, 0.2) is 18.2 Å². The van der Waals surface area contributed by atoms with Gasteiger partial charge in [-0.3, -0.25) is 4.79 Å². The Balaban J connectivity index is 2.74. The average molecular weight is 334 g/mol. The Hall–Kier alpha value is -1.61. The largest absolute Gasteiger partial charge is 0.397 e. The van der Waals surface area contributed by atoms with Gasteiger partial charge in [0.1, 0.15) is 15.6 Å². The van der Waals surface area contributed by atoms with Crippen LogP contribution in [0.1, 0.15) is 5.56 Å². The van der Waals surface area contributed by atoms with Gasteiger partial charge in [-0.15, -0.1) is 0 Å². The summed E-state index contributed by atoms with van der Waals surface area (Å²) in [6, 6.07) is 5.02. The molecule has 0 bridgehead atoms. The summed E-state index contributed by atoms with van der Waals surface area (Å²) in [5.74, 6) is -2.61. The van der Waals surface area contributed by atoms with Crippen molar-refractivity contribution in [2.24, 2.45) is 0 Å². The van der Waals surface area contributed by atoms with E-state index in [9.17, 15) is 21.6 Å². The van der Waals surface area contributed by atoms with Crippen LogP contribution in [0, 0.1) is 6.92 Å². The second-order valence-corrected chi connectivity index (χ2v) is 9.25. The van der Waals surface area contributed by atoms with Gasteiger partial charge >= 0.3 is 0 Å². The monoisotopic (exact) mass is 334 g/mol. The van der Waals surface area contributed by atoms with E-state index in [-0.39, 0.29) is 0 Å². The Morgan fingerprint density at radius 1 is 1.19 bits per heavy atom. The Morgan fingerprint density at radius 2 is 1.81 bits per heavy atom. The first-order chi connectivity index (χ1) is 9.50. The molecule has 0 aliphatic carbocycles. The van der Waals surface area contributed by atoms with Crippen LogP contribution in [0.25, 0.3) is 0 Å². The molecule has 1 aromatic rings. The molecule has 0 saturated carbocycles. The number of rotatable bonds is 6. The number of amides is 1. The Morgan fingerprint density at radius 3 is 2.33 bits per heavy atom. The van der Waals surface area contributed by atoms with Crippen molar-refractivity contribution in [2.75, 3.05) is 34.6 Å². The molecule has 0 heterocycles. The number of sulfone groups is 2. The van der Waals surface area contributed by atoms with Gasteiger partial charge in [0.05, 0.1) is 22.9 Å². The summed E-state index contributed by atoms with van der Waals surface area (Å²) in [6.45, 7) is 1.73. The molecule has 0 atom stereocenters. The molecule has 21 heavy (non-hydrogen) atoms. The summed E-state index contributed by atoms with van der Waals surface area (Å²) in [6.07, 6.45) is 0.941. The van der Waals surface area contributed by atoms with Crippen molar-refractivity contribution in [3.63, 3.8) is 0 Å². The average Bonchev–Trinajstić information content (AvgIpc) is 2.30. The van der Waals surface area contributed by atoms with Crippen LogP contribution in [0.3, 0.4) is 0 Å². The lowest BCUT2D eigenvalue weighted by atomic mass is 10.1. The fourth-order valence-electron chi connectivity index (χ4n) is 1.59. The molecule has 1 amide bonds. The minimum Gasteiger partial charge on any atom is -0.397 e. The highest BCUT2D eigenvalue weighted by Gasteiger charge is 2.20. The summed E-state index contributed by atoms with van der Waals surface area (Å²) >= 11 is 0. The number of nitrogen functional groups attached to an aromatic ring is 1. The standard InChI is InChI=1S/C12H18N2O5S2/c1-9-4-3-5-10(13)12(9)14-11(15)8-21(18,19)7-6-20(2,16)17/h3-5H,6-8,13H2,1-2H3,(H,14,15). The number of anilines is 2. The van der Waals surface area contributed by atoms with Crippen LogP contribution in [0.2, 0.25) is 0 Å². The minimum absolute atomic E-state index is 0.330. The fraction of sp³-hybridized carbons (Fsp3) is 0.417. The normalized spacial score (nSPS) is 12.1. The van der Waals surface area contributed by atoms with Crippen molar-refractivity contribution in [1.29, 1.82) is 0 Å². The lowest BCUT2D eigenvalue weighted by Crippen LogP contribution is -2.27. The molecule has 0 unspecified atom stereocenters. The topological polar surface area (TPSA) is 123 Å². The van der Waals surface area contributed by atoms with Crippen LogP contribution < -0.4 is 11.1 Å². The lowest BCUT2D eigenvalue weighted by molar-refractivity contribution is -0.113. The first-order valence-electron chi connectivity index (χ1n) is 6.03. The number of hydrogen-bond donors (Lipinski definition) is 2. The van der Waals surface area contributed by atoms with Gasteiger partial charge in [-0.05, 0) is 18.6 Å². The minimum atomic E-state index is -3.79. The van der Waals surface area contributed by atoms with Crippen molar-refractivity contribution in [2.45, 2.75) is 6.92 Å². The van der Waals surface area contributed by atoms with Gasteiger partial charge in [-0.1, -0.05) is 12.1 Å². The maximum atomic E-state index is 11.8. The van der Waals surface area contributed by atoms with Gasteiger partial charge in [0.15, 0.2) is 9.84 Å². The van der Waals surface area contributed by atoms with E-state index in [1.807, 2.05) is 0 Å². The zero-order chi connectivity index (χ0) is 16.3. The van der Waals surface area contributed by atoms with Crippen molar-refractivity contribution in [1.82, 2.24) is 0 Å². The first-order valence-corrected chi connectivity index (χ1v) is 9.91. The molecule has 0 aliphatic heterocycles. The number of carbonyl (C=O) groups excluding carboxylic acids is 1. The Bertz CT molecular complexity index is 719. The van der Waals surface area contributed by atoms with Gasteiger partial charge in [0, 0.05) is 6.26 Å². The molecular formula is C12H18N2O5S2. The van der Waals surface area contributed by atoms with Crippen LogP contribution in [-0.4, -0.2) is 46.3 Å². The number of carbonyl (C=O) groups is 1. The molecule has 9 heteroatoms. The zero-order valence-corrected chi connectivity index (χ0v) is 13.4. The molecule has 3 N–H and O–H groups in total. The third kappa shape index (κ3) is 6.13. The van der Waals surface area contributed by atoms with E-state index in [1.54, 1.807) is 25.1 Å². The summed E-state index contributed by atoms with van der Waals surface area (Å²) in [7, 11) is -7.19. The molecule has 1 rings (SSSR count). The predicted octanol–water partition coefficient (Wildman–Crippen LogP) is -0.0249. The molecule has 1 aromatic carbocycles. The number of para-hydroxylation sites is 1. The maximum absolute atomic E-state index is 11.8. The predicted molar refractivity (Wildman–Crippen MR) is 82.6 cm³/mol. The molecular weight excluding hydrogens is 316 g/mol. The number of nitrogens with two attached hydrogens (primary N) is 1. The summed E-state index contributed by atoms with van der Waals surface area (Å²) in [5, 5.41) is 2.44. The smallest absolute Gasteiger partial charge is 0.239 e. The van der Waals surface area contributed by atoms with Crippen molar-refractivity contribution in [3.8, 4) is 0 Å². The number of hydrogen-bond acceptors (Lipinski definition) is 6. The van der Waals surface area contributed by atoms with Crippen LogP contribution in [0.5, 0.6) is 0 Å². The molecule has 7 nitrogen and oxygen atoms in total. The molecule has 0 aromatic heterocycles.